The van der Waals surface area contributed by atoms with Crippen molar-refractivity contribution in [2.45, 2.75) is 50.6 Å². The Hall–Kier alpha value is -0.120. The summed E-state index contributed by atoms with van der Waals surface area (Å²) in [5.74, 6) is 0. The standard InChI is InChI=1S/C13H26N2O/c1-16-11-10-15(13-6-7-13)9-3-5-12-4-2-8-14-12/h12-14H,2-11H2,1H3. The van der Waals surface area contributed by atoms with E-state index in [9.17, 15) is 0 Å². The zero-order valence-electron chi connectivity index (χ0n) is 10.6. The number of nitrogens with zero attached hydrogens (tertiary/aromatic N) is 1. The maximum atomic E-state index is 5.18. The lowest BCUT2D eigenvalue weighted by molar-refractivity contribution is 0.141. The first-order valence-corrected chi connectivity index (χ1v) is 6.86. The SMILES string of the molecule is COCCN(CCCC1CCCN1)C1CC1. The van der Waals surface area contributed by atoms with Gasteiger partial charge in [-0.3, -0.25) is 4.90 Å². The number of ether oxygens (including phenoxy) is 1. The molecular weight excluding hydrogens is 200 g/mol. The van der Waals surface area contributed by atoms with E-state index in [0.717, 1.165) is 25.2 Å². The van der Waals surface area contributed by atoms with E-state index in [1.807, 2.05) is 0 Å². The zero-order valence-corrected chi connectivity index (χ0v) is 10.6. The second-order valence-electron chi connectivity index (χ2n) is 5.20. The van der Waals surface area contributed by atoms with E-state index in [1.54, 1.807) is 7.11 Å². The van der Waals surface area contributed by atoms with E-state index in [0.29, 0.717) is 0 Å². The Morgan fingerprint density at radius 2 is 2.12 bits per heavy atom. The third-order valence-electron chi connectivity index (χ3n) is 3.81. The molecule has 1 aliphatic carbocycles. The van der Waals surface area contributed by atoms with Gasteiger partial charge in [0.1, 0.15) is 0 Å². The Morgan fingerprint density at radius 3 is 2.75 bits per heavy atom. The number of nitrogens with one attached hydrogen (secondary N) is 1. The molecule has 0 aromatic heterocycles. The van der Waals surface area contributed by atoms with Crippen LogP contribution in [0.3, 0.4) is 0 Å². The first-order chi connectivity index (χ1) is 7.90. The summed E-state index contributed by atoms with van der Waals surface area (Å²) < 4.78 is 5.18. The van der Waals surface area contributed by atoms with Crippen molar-refractivity contribution in [2.24, 2.45) is 0 Å². The minimum atomic E-state index is 0.809. The van der Waals surface area contributed by atoms with E-state index < -0.39 is 0 Å². The first-order valence-electron chi connectivity index (χ1n) is 6.86. The van der Waals surface area contributed by atoms with Crippen molar-refractivity contribution in [3.63, 3.8) is 0 Å². The van der Waals surface area contributed by atoms with Gasteiger partial charge in [-0.05, 0) is 51.6 Å². The van der Waals surface area contributed by atoms with E-state index in [1.165, 1.54) is 51.6 Å². The molecule has 1 heterocycles. The smallest absolute Gasteiger partial charge is 0.0589 e. The Kier molecular flexibility index (Phi) is 5.07. The molecule has 16 heavy (non-hydrogen) atoms. The molecule has 0 spiro atoms. The van der Waals surface area contributed by atoms with Crippen LogP contribution in [0.2, 0.25) is 0 Å². The highest BCUT2D eigenvalue weighted by atomic mass is 16.5. The van der Waals surface area contributed by atoms with Gasteiger partial charge >= 0.3 is 0 Å². The van der Waals surface area contributed by atoms with Gasteiger partial charge in [0.2, 0.25) is 0 Å². The fourth-order valence-corrected chi connectivity index (χ4v) is 2.67. The van der Waals surface area contributed by atoms with Crippen molar-refractivity contribution in [1.29, 1.82) is 0 Å². The molecule has 0 aromatic carbocycles. The Bertz CT molecular complexity index is 188. The molecule has 2 fully saturated rings. The number of hydrogen-bond donors (Lipinski definition) is 1. The summed E-state index contributed by atoms with van der Waals surface area (Å²) in [4.78, 5) is 2.62. The third-order valence-corrected chi connectivity index (χ3v) is 3.81. The highest BCUT2D eigenvalue weighted by Crippen LogP contribution is 2.27. The quantitative estimate of drug-likeness (QED) is 0.681. The Labute approximate surface area is 99.5 Å². The van der Waals surface area contributed by atoms with Crippen LogP contribution in [0.15, 0.2) is 0 Å². The number of methoxy groups -OCH3 is 1. The minimum absolute atomic E-state index is 0.809. The van der Waals surface area contributed by atoms with Crippen LogP contribution in [0.4, 0.5) is 0 Å². The van der Waals surface area contributed by atoms with Gasteiger partial charge in [-0.1, -0.05) is 0 Å². The fourth-order valence-electron chi connectivity index (χ4n) is 2.67. The largest absolute Gasteiger partial charge is 0.383 e. The van der Waals surface area contributed by atoms with Gasteiger partial charge in [-0.25, -0.2) is 0 Å². The van der Waals surface area contributed by atoms with Gasteiger partial charge in [-0.15, -0.1) is 0 Å². The maximum absolute atomic E-state index is 5.18. The van der Waals surface area contributed by atoms with Gasteiger partial charge in [0.15, 0.2) is 0 Å². The van der Waals surface area contributed by atoms with Crippen LogP contribution in [0.5, 0.6) is 0 Å². The number of rotatable bonds is 8. The van der Waals surface area contributed by atoms with Gasteiger partial charge in [0.05, 0.1) is 6.61 Å². The van der Waals surface area contributed by atoms with Crippen molar-refractivity contribution in [1.82, 2.24) is 10.2 Å². The molecule has 1 N–H and O–H groups in total. The molecule has 1 saturated heterocycles. The highest BCUT2D eigenvalue weighted by Gasteiger charge is 2.28. The van der Waals surface area contributed by atoms with Gasteiger partial charge in [0, 0.05) is 25.7 Å². The van der Waals surface area contributed by atoms with Crippen LogP contribution in [0.1, 0.15) is 38.5 Å². The van der Waals surface area contributed by atoms with Crippen molar-refractivity contribution in [2.75, 3.05) is 33.4 Å². The summed E-state index contributed by atoms with van der Waals surface area (Å²) in [7, 11) is 1.80. The maximum Gasteiger partial charge on any atom is 0.0589 e. The predicted octanol–water partition coefficient (Wildman–Crippen LogP) is 1.63. The van der Waals surface area contributed by atoms with E-state index in [-0.39, 0.29) is 0 Å². The summed E-state index contributed by atoms with van der Waals surface area (Å²) in [6.07, 6.45) is 8.28. The molecule has 1 aliphatic heterocycles. The molecule has 94 valence electrons. The van der Waals surface area contributed by atoms with Crippen molar-refractivity contribution in [3.05, 3.63) is 0 Å². The molecule has 2 aliphatic rings. The third kappa shape index (κ3) is 4.04. The average molecular weight is 226 g/mol. The lowest BCUT2D eigenvalue weighted by atomic mass is 10.1. The predicted molar refractivity (Wildman–Crippen MR) is 66.7 cm³/mol. The number of hydrogen-bond acceptors (Lipinski definition) is 3. The van der Waals surface area contributed by atoms with Crippen LogP contribution >= 0.6 is 0 Å². The van der Waals surface area contributed by atoms with E-state index in [4.69, 9.17) is 4.74 Å². The second-order valence-corrected chi connectivity index (χ2v) is 5.20. The summed E-state index contributed by atoms with van der Waals surface area (Å²) in [5, 5.41) is 3.58. The molecule has 1 saturated carbocycles. The summed E-state index contributed by atoms with van der Waals surface area (Å²) in [6, 6.07) is 1.69. The summed E-state index contributed by atoms with van der Waals surface area (Å²) >= 11 is 0. The molecule has 0 amide bonds. The summed E-state index contributed by atoms with van der Waals surface area (Å²) in [6.45, 7) is 4.52. The van der Waals surface area contributed by atoms with Crippen LogP contribution < -0.4 is 5.32 Å². The van der Waals surface area contributed by atoms with Gasteiger partial charge < -0.3 is 10.1 Å². The van der Waals surface area contributed by atoms with Crippen molar-refractivity contribution < 1.29 is 4.74 Å². The van der Waals surface area contributed by atoms with Crippen LogP contribution in [-0.4, -0.2) is 50.3 Å². The average Bonchev–Trinajstić information content (AvgIpc) is 3.01. The molecule has 2 rings (SSSR count). The monoisotopic (exact) mass is 226 g/mol. The van der Waals surface area contributed by atoms with Crippen LogP contribution in [0.25, 0.3) is 0 Å². The van der Waals surface area contributed by atoms with Gasteiger partial charge in [0.25, 0.3) is 0 Å². The molecule has 3 heteroatoms. The molecule has 0 aromatic rings. The minimum Gasteiger partial charge on any atom is -0.383 e. The molecule has 3 nitrogen and oxygen atoms in total. The zero-order chi connectivity index (χ0) is 11.2. The second kappa shape index (κ2) is 6.58. The van der Waals surface area contributed by atoms with Crippen LogP contribution in [-0.2, 0) is 4.74 Å². The van der Waals surface area contributed by atoms with E-state index >= 15 is 0 Å². The van der Waals surface area contributed by atoms with Crippen molar-refractivity contribution >= 4 is 0 Å². The lowest BCUT2D eigenvalue weighted by Crippen LogP contribution is -2.31. The Balaban J connectivity index is 1.57. The van der Waals surface area contributed by atoms with Crippen LogP contribution in [0, 0.1) is 0 Å². The fraction of sp³-hybridized carbons (Fsp3) is 1.00. The summed E-state index contributed by atoms with van der Waals surface area (Å²) in [5.41, 5.74) is 0. The van der Waals surface area contributed by atoms with Crippen molar-refractivity contribution in [3.8, 4) is 0 Å². The van der Waals surface area contributed by atoms with Gasteiger partial charge in [-0.2, -0.15) is 0 Å². The topological polar surface area (TPSA) is 24.5 Å². The lowest BCUT2D eigenvalue weighted by Gasteiger charge is -2.22. The molecule has 0 radical (unpaired) electrons. The normalized spacial score (nSPS) is 25.5. The molecule has 1 atom stereocenters. The highest BCUT2D eigenvalue weighted by molar-refractivity contribution is 4.84. The molecular formula is C13H26N2O. The first kappa shape index (κ1) is 12.3. The molecule has 0 bridgehead atoms. The Morgan fingerprint density at radius 1 is 1.25 bits per heavy atom. The molecule has 1 unspecified atom stereocenters. The van der Waals surface area contributed by atoms with E-state index in [2.05, 4.69) is 10.2 Å².